The number of hydrogen-bond acceptors (Lipinski definition) is 8. The molecule has 6 rings (SSSR count). The summed E-state index contributed by atoms with van der Waals surface area (Å²) in [5.41, 5.74) is 3.37. The minimum Gasteiger partial charge on any atom is -0.488 e. The molecule has 2 bridgehead atoms. The van der Waals surface area contributed by atoms with Crippen molar-refractivity contribution in [2.45, 2.75) is 38.0 Å². The lowest BCUT2D eigenvalue weighted by Gasteiger charge is -2.46. The van der Waals surface area contributed by atoms with Gasteiger partial charge in [-0.05, 0) is 36.8 Å². The van der Waals surface area contributed by atoms with E-state index in [1.165, 1.54) is 15.6 Å². The topological polar surface area (TPSA) is 136 Å². The summed E-state index contributed by atoms with van der Waals surface area (Å²) in [5, 5.41) is 21.5. The normalized spacial score (nSPS) is 20.9. The van der Waals surface area contributed by atoms with Crippen molar-refractivity contribution < 1.29 is 19.4 Å². The highest BCUT2D eigenvalue weighted by Gasteiger charge is 2.42. The van der Waals surface area contributed by atoms with Crippen LogP contribution >= 0.6 is 0 Å². The fourth-order valence-electron chi connectivity index (χ4n) is 5.24. The van der Waals surface area contributed by atoms with Crippen LogP contribution in [0.4, 0.5) is 16.4 Å². The number of aryl methyl sites for hydroxylation is 2. The third kappa shape index (κ3) is 4.54. The van der Waals surface area contributed by atoms with E-state index < -0.39 is 6.09 Å². The third-order valence-corrected chi connectivity index (χ3v) is 6.99. The second kappa shape index (κ2) is 9.45. The van der Waals surface area contributed by atoms with E-state index in [-0.39, 0.29) is 23.7 Å². The van der Waals surface area contributed by atoms with E-state index in [1.807, 2.05) is 37.4 Å². The van der Waals surface area contributed by atoms with E-state index in [0.29, 0.717) is 43.4 Å². The van der Waals surface area contributed by atoms with Gasteiger partial charge in [0.2, 0.25) is 0 Å². The second-order valence-corrected chi connectivity index (χ2v) is 9.69. The summed E-state index contributed by atoms with van der Waals surface area (Å²) in [6.07, 6.45) is 3.68. The SMILES string of the molecule is Cc1cc(-c2ccn3nc(Nc4ccc(=O)n(C)n4)cc3c2)c(O[C@H]2C[C@H]3COC[C@@H](C2)N3C(=O)O)cn1. The molecule has 196 valence electrons. The Labute approximate surface area is 217 Å². The molecule has 2 N–H and O–H groups in total. The molecule has 2 aliphatic heterocycles. The highest BCUT2D eigenvalue weighted by Crippen LogP contribution is 2.35. The quantitative estimate of drug-likeness (QED) is 0.409. The minimum atomic E-state index is -0.908. The van der Waals surface area contributed by atoms with Gasteiger partial charge in [0.1, 0.15) is 11.9 Å². The van der Waals surface area contributed by atoms with Crippen LogP contribution in [-0.2, 0) is 11.8 Å². The zero-order chi connectivity index (χ0) is 26.4. The number of aromatic nitrogens is 5. The first-order chi connectivity index (χ1) is 18.3. The molecule has 12 heteroatoms. The standard InChI is InChI=1S/C26H27N7O5/c1-15-7-21(22(12-27-15)38-20-9-18-13-37-14-19(10-20)33(18)26(35)36)16-5-6-32-17(8-16)11-24(30-32)28-23-3-4-25(34)31(2)29-23/h3-8,11-12,18-20H,9-10,13-14H2,1-2H3,(H,35,36)(H,28,29,30)/t18-,19+,20-. The first-order valence-corrected chi connectivity index (χ1v) is 12.4. The van der Waals surface area contributed by atoms with Gasteiger partial charge in [-0.3, -0.25) is 14.7 Å². The Kier molecular flexibility index (Phi) is 5.95. The number of fused-ring (bicyclic) bond motifs is 3. The van der Waals surface area contributed by atoms with Crippen LogP contribution in [0, 0.1) is 6.92 Å². The van der Waals surface area contributed by atoms with Gasteiger partial charge in [-0.25, -0.2) is 14.0 Å². The number of pyridine rings is 2. The van der Waals surface area contributed by atoms with E-state index in [4.69, 9.17) is 9.47 Å². The number of carbonyl (C=O) groups is 1. The van der Waals surface area contributed by atoms with Crippen LogP contribution in [0.5, 0.6) is 5.75 Å². The molecule has 2 saturated heterocycles. The van der Waals surface area contributed by atoms with Gasteiger partial charge in [-0.15, -0.1) is 0 Å². The molecule has 0 unspecified atom stereocenters. The number of morpholine rings is 1. The van der Waals surface area contributed by atoms with Gasteiger partial charge in [0.25, 0.3) is 5.56 Å². The number of carboxylic acid groups (broad SMARTS) is 1. The van der Waals surface area contributed by atoms with Crippen molar-refractivity contribution in [1.82, 2.24) is 29.3 Å². The van der Waals surface area contributed by atoms with Crippen molar-refractivity contribution in [2.75, 3.05) is 18.5 Å². The fourth-order valence-corrected chi connectivity index (χ4v) is 5.24. The molecule has 1 amide bonds. The van der Waals surface area contributed by atoms with Crippen molar-refractivity contribution >= 4 is 23.2 Å². The van der Waals surface area contributed by atoms with Crippen molar-refractivity contribution in [3.63, 3.8) is 0 Å². The van der Waals surface area contributed by atoms with Crippen molar-refractivity contribution in [2.24, 2.45) is 7.05 Å². The second-order valence-electron chi connectivity index (χ2n) is 9.69. The Bertz CT molecular complexity index is 1570. The molecule has 6 heterocycles. The lowest BCUT2D eigenvalue weighted by molar-refractivity contribution is -0.0857. The highest BCUT2D eigenvalue weighted by atomic mass is 16.5. The van der Waals surface area contributed by atoms with Gasteiger partial charge < -0.3 is 19.9 Å². The lowest BCUT2D eigenvalue weighted by Crippen LogP contribution is -2.60. The van der Waals surface area contributed by atoms with Crippen molar-refractivity contribution in [3.05, 3.63) is 64.8 Å². The summed E-state index contributed by atoms with van der Waals surface area (Å²) in [4.78, 5) is 29.3. The summed E-state index contributed by atoms with van der Waals surface area (Å²) >= 11 is 0. The molecular formula is C26H27N7O5. The Morgan fingerprint density at radius 1 is 1.11 bits per heavy atom. The average molecular weight is 518 g/mol. The van der Waals surface area contributed by atoms with Crippen LogP contribution < -0.4 is 15.6 Å². The van der Waals surface area contributed by atoms with Crippen LogP contribution in [0.3, 0.4) is 0 Å². The van der Waals surface area contributed by atoms with Crippen LogP contribution in [0.15, 0.2) is 53.6 Å². The molecule has 4 aromatic heterocycles. The summed E-state index contributed by atoms with van der Waals surface area (Å²) in [7, 11) is 1.59. The maximum Gasteiger partial charge on any atom is 0.407 e. The molecule has 0 aromatic carbocycles. The van der Waals surface area contributed by atoms with E-state index in [9.17, 15) is 14.7 Å². The largest absolute Gasteiger partial charge is 0.488 e. The third-order valence-electron chi connectivity index (χ3n) is 6.99. The zero-order valence-corrected chi connectivity index (χ0v) is 20.9. The molecule has 3 atom stereocenters. The summed E-state index contributed by atoms with van der Waals surface area (Å²) in [6.45, 7) is 2.69. The molecule has 38 heavy (non-hydrogen) atoms. The monoisotopic (exact) mass is 517 g/mol. The van der Waals surface area contributed by atoms with E-state index >= 15 is 0 Å². The van der Waals surface area contributed by atoms with Crippen molar-refractivity contribution in [3.8, 4) is 16.9 Å². The zero-order valence-electron chi connectivity index (χ0n) is 20.9. The molecule has 0 radical (unpaired) electrons. The first kappa shape index (κ1) is 23.9. The van der Waals surface area contributed by atoms with Gasteiger partial charge in [0, 0.05) is 49.5 Å². The minimum absolute atomic E-state index is 0.142. The Hall–Kier alpha value is -4.45. The van der Waals surface area contributed by atoms with Crippen LogP contribution in [0.25, 0.3) is 16.6 Å². The smallest absolute Gasteiger partial charge is 0.407 e. The Balaban J connectivity index is 1.26. The highest BCUT2D eigenvalue weighted by molar-refractivity contribution is 5.75. The van der Waals surface area contributed by atoms with Crippen LogP contribution in [-0.4, -0.2) is 71.9 Å². The number of ether oxygens (including phenoxy) is 2. The molecule has 0 spiro atoms. The van der Waals surface area contributed by atoms with Crippen LogP contribution in [0.1, 0.15) is 18.5 Å². The van der Waals surface area contributed by atoms with Gasteiger partial charge in [-0.1, -0.05) is 0 Å². The van der Waals surface area contributed by atoms with E-state index in [1.54, 1.807) is 23.8 Å². The Morgan fingerprint density at radius 3 is 2.63 bits per heavy atom. The summed E-state index contributed by atoms with van der Waals surface area (Å²) < 4.78 is 15.1. The fraction of sp³-hybridized carbons (Fsp3) is 0.346. The summed E-state index contributed by atoms with van der Waals surface area (Å²) in [6, 6.07) is 10.5. The van der Waals surface area contributed by atoms with E-state index in [0.717, 1.165) is 22.3 Å². The molecule has 0 saturated carbocycles. The summed E-state index contributed by atoms with van der Waals surface area (Å²) in [5.74, 6) is 1.76. The van der Waals surface area contributed by atoms with Gasteiger partial charge in [-0.2, -0.15) is 10.2 Å². The number of amides is 1. The lowest BCUT2D eigenvalue weighted by atomic mass is 9.92. The molecule has 2 fully saturated rings. The maximum absolute atomic E-state index is 11.7. The average Bonchev–Trinajstić information content (AvgIpc) is 3.28. The Morgan fingerprint density at radius 2 is 1.89 bits per heavy atom. The van der Waals surface area contributed by atoms with Crippen LogP contribution in [0.2, 0.25) is 0 Å². The predicted molar refractivity (Wildman–Crippen MR) is 138 cm³/mol. The number of hydrogen-bond donors (Lipinski definition) is 2. The predicted octanol–water partition coefficient (Wildman–Crippen LogP) is 2.83. The number of anilines is 2. The van der Waals surface area contributed by atoms with Gasteiger partial charge >= 0.3 is 6.09 Å². The number of nitrogens with one attached hydrogen (secondary N) is 1. The van der Waals surface area contributed by atoms with Gasteiger partial charge in [0.05, 0.1) is 37.0 Å². The molecule has 12 nitrogen and oxygen atoms in total. The van der Waals surface area contributed by atoms with Gasteiger partial charge in [0.15, 0.2) is 11.6 Å². The molecule has 2 aliphatic rings. The molecule has 0 aliphatic carbocycles. The maximum atomic E-state index is 11.7. The first-order valence-electron chi connectivity index (χ1n) is 12.4. The van der Waals surface area contributed by atoms with E-state index in [2.05, 4.69) is 20.5 Å². The number of rotatable bonds is 5. The number of piperidine rings is 1. The molecule has 4 aromatic rings. The number of nitrogens with zero attached hydrogens (tertiary/aromatic N) is 6. The van der Waals surface area contributed by atoms with Crippen molar-refractivity contribution in [1.29, 1.82) is 0 Å². The molecular weight excluding hydrogens is 490 g/mol.